The second-order valence-electron chi connectivity index (χ2n) is 4.42. The number of benzene rings is 1. The molecule has 0 heterocycles. The number of hydrogen-bond donors (Lipinski definition) is 1. The summed E-state index contributed by atoms with van der Waals surface area (Å²) in [6.45, 7) is 7.03. The largest absolute Gasteiger partial charge is 0.487 e. The number of anilines is 1. The van der Waals surface area contributed by atoms with Crippen LogP contribution in [0.25, 0.3) is 0 Å². The predicted molar refractivity (Wildman–Crippen MR) is 76.6 cm³/mol. The molecule has 0 aromatic heterocycles. The fraction of sp³-hybridized carbons (Fsp3) is 0.533. The number of carbonyl (C=O) groups is 1. The third-order valence-corrected chi connectivity index (χ3v) is 2.54. The van der Waals surface area contributed by atoms with E-state index >= 15 is 0 Å². The number of rotatable bonds is 8. The molecule has 0 saturated carbocycles. The van der Waals surface area contributed by atoms with Crippen LogP contribution < -0.4 is 10.1 Å². The van der Waals surface area contributed by atoms with E-state index in [1.807, 2.05) is 31.2 Å². The average molecular weight is 265 g/mol. The zero-order valence-corrected chi connectivity index (χ0v) is 11.9. The number of esters is 1. The summed E-state index contributed by atoms with van der Waals surface area (Å²) < 4.78 is 10.7. The molecular formula is C15H23NO3. The van der Waals surface area contributed by atoms with Crippen molar-refractivity contribution in [1.82, 2.24) is 0 Å². The minimum atomic E-state index is -0.199. The van der Waals surface area contributed by atoms with Crippen LogP contribution in [0.5, 0.6) is 5.75 Å². The molecule has 1 aromatic rings. The molecule has 0 saturated heterocycles. The highest BCUT2D eigenvalue weighted by atomic mass is 16.6. The van der Waals surface area contributed by atoms with Gasteiger partial charge in [0.25, 0.3) is 0 Å². The van der Waals surface area contributed by atoms with Gasteiger partial charge in [0.1, 0.15) is 18.5 Å². The molecule has 1 rings (SSSR count). The zero-order chi connectivity index (χ0) is 14.1. The van der Waals surface area contributed by atoms with Gasteiger partial charge in [-0.15, -0.1) is 0 Å². The lowest BCUT2D eigenvalue weighted by atomic mass is 10.3. The summed E-state index contributed by atoms with van der Waals surface area (Å²) in [4.78, 5) is 11.0. The molecule has 0 aliphatic carbocycles. The molecule has 0 amide bonds. The maximum Gasteiger partial charge on any atom is 0.305 e. The standard InChI is InChI=1S/C15H23NO3/c1-4-10-16-13-6-8-14(9-7-13)19-12(3)11-18-15(17)5-2/h6-9,12,16H,4-5,10-11H2,1-3H3. The van der Waals surface area contributed by atoms with Crippen LogP contribution in [0.4, 0.5) is 5.69 Å². The monoisotopic (exact) mass is 265 g/mol. The molecule has 0 fully saturated rings. The van der Waals surface area contributed by atoms with E-state index in [-0.39, 0.29) is 18.7 Å². The van der Waals surface area contributed by atoms with Crippen LogP contribution in [-0.4, -0.2) is 25.2 Å². The summed E-state index contributed by atoms with van der Waals surface area (Å²) in [5, 5.41) is 3.30. The van der Waals surface area contributed by atoms with E-state index in [2.05, 4.69) is 12.2 Å². The number of nitrogens with one attached hydrogen (secondary N) is 1. The SMILES string of the molecule is CCCNc1ccc(OC(C)COC(=O)CC)cc1. The van der Waals surface area contributed by atoms with Gasteiger partial charge in [0.15, 0.2) is 0 Å². The Bertz CT molecular complexity index is 375. The van der Waals surface area contributed by atoms with Crippen molar-refractivity contribution in [2.24, 2.45) is 0 Å². The summed E-state index contributed by atoms with van der Waals surface area (Å²) in [7, 11) is 0. The van der Waals surface area contributed by atoms with E-state index in [1.165, 1.54) is 0 Å². The van der Waals surface area contributed by atoms with E-state index in [9.17, 15) is 4.79 Å². The summed E-state index contributed by atoms with van der Waals surface area (Å²) in [5.41, 5.74) is 1.08. The Hall–Kier alpha value is -1.71. The Morgan fingerprint density at radius 2 is 1.95 bits per heavy atom. The van der Waals surface area contributed by atoms with Crippen molar-refractivity contribution in [1.29, 1.82) is 0 Å². The van der Waals surface area contributed by atoms with Crippen LogP contribution in [-0.2, 0) is 9.53 Å². The van der Waals surface area contributed by atoms with E-state index in [0.717, 1.165) is 24.4 Å². The van der Waals surface area contributed by atoms with Gasteiger partial charge in [-0.05, 0) is 37.6 Å². The lowest BCUT2D eigenvalue weighted by molar-refractivity contribution is -0.145. The molecule has 0 radical (unpaired) electrons. The Labute approximate surface area is 115 Å². The van der Waals surface area contributed by atoms with Crippen LogP contribution >= 0.6 is 0 Å². The fourth-order valence-corrected chi connectivity index (χ4v) is 1.50. The summed E-state index contributed by atoms with van der Waals surface area (Å²) in [6, 6.07) is 7.79. The van der Waals surface area contributed by atoms with E-state index < -0.39 is 0 Å². The Morgan fingerprint density at radius 3 is 2.53 bits per heavy atom. The van der Waals surface area contributed by atoms with Crippen LogP contribution in [0, 0.1) is 0 Å². The molecule has 1 N–H and O–H groups in total. The van der Waals surface area contributed by atoms with Gasteiger partial charge in [0, 0.05) is 18.7 Å². The minimum Gasteiger partial charge on any atom is -0.487 e. The van der Waals surface area contributed by atoms with E-state index in [4.69, 9.17) is 9.47 Å². The second kappa shape index (κ2) is 8.40. The molecule has 0 spiro atoms. The molecular weight excluding hydrogens is 242 g/mol. The summed E-state index contributed by atoms with van der Waals surface area (Å²) >= 11 is 0. The number of ether oxygens (including phenoxy) is 2. The van der Waals surface area contributed by atoms with Crippen LogP contribution in [0.1, 0.15) is 33.6 Å². The lowest BCUT2D eigenvalue weighted by Gasteiger charge is -2.15. The summed E-state index contributed by atoms with van der Waals surface area (Å²) in [6.07, 6.45) is 1.34. The van der Waals surface area contributed by atoms with E-state index in [0.29, 0.717) is 6.42 Å². The van der Waals surface area contributed by atoms with E-state index in [1.54, 1.807) is 6.92 Å². The first kappa shape index (κ1) is 15.3. The smallest absolute Gasteiger partial charge is 0.305 e. The fourth-order valence-electron chi connectivity index (χ4n) is 1.50. The molecule has 4 nitrogen and oxygen atoms in total. The minimum absolute atomic E-state index is 0.148. The molecule has 0 aliphatic rings. The average Bonchev–Trinajstić information content (AvgIpc) is 2.44. The van der Waals surface area contributed by atoms with Crippen LogP contribution in [0.15, 0.2) is 24.3 Å². The lowest BCUT2D eigenvalue weighted by Crippen LogP contribution is -2.21. The first-order valence-corrected chi connectivity index (χ1v) is 6.82. The van der Waals surface area contributed by atoms with Gasteiger partial charge in [-0.3, -0.25) is 4.79 Å². The van der Waals surface area contributed by atoms with Crippen molar-refractivity contribution in [3.63, 3.8) is 0 Å². The molecule has 106 valence electrons. The van der Waals surface area contributed by atoms with Gasteiger partial charge in [0.05, 0.1) is 0 Å². The van der Waals surface area contributed by atoms with Crippen molar-refractivity contribution < 1.29 is 14.3 Å². The van der Waals surface area contributed by atoms with Crippen LogP contribution in [0.3, 0.4) is 0 Å². The van der Waals surface area contributed by atoms with Crippen molar-refractivity contribution in [2.75, 3.05) is 18.5 Å². The van der Waals surface area contributed by atoms with Gasteiger partial charge in [0.2, 0.25) is 0 Å². The van der Waals surface area contributed by atoms with Gasteiger partial charge < -0.3 is 14.8 Å². The number of hydrogen-bond acceptors (Lipinski definition) is 4. The molecule has 1 unspecified atom stereocenters. The van der Waals surface area contributed by atoms with Gasteiger partial charge in [-0.2, -0.15) is 0 Å². The molecule has 1 aromatic carbocycles. The van der Waals surface area contributed by atoms with Gasteiger partial charge in [-0.1, -0.05) is 13.8 Å². The third kappa shape index (κ3) is 6.13. The predicted octanol–water partition coefficient (Wildman–Crippen LogP) is 3.23. The molecule has 1 atom stereocenters. The van der Waals surface area contributed by atoms with Crippen molar-refractivity contribution in [3.8, 4) is 5.75 Å². The molecule has 0 bridgehead atoms. The van der Waals surface area contributed by atoms with Gasteiger partial charge in [-0.25, -0.2) is 0 Å². The molecule has 19 heavy (non-hydrogen) atoms. The third-order valence-electron chi connectivity index (χ3n) is 2.54. The van der Waals surface area contributed by atoms with Crippen molar-refractivity contribution in [3.05, 3.63) is 24.3 Å². The normalized spacial score (nSPS) is 11.7. The molecule has 0 aliphatic heterocycles. The summed E-state index contributed by atoms with van der Waals surface area (Å²) in [5.74, 6) is 0.580. The highest BCUT2D eigenvalue weighted by Gasteiger charge is 2.07. The Balaban J connectivity index is 2.37. The molecule has 4 heteroatoms. The first-order valence-electron chi connectivity index (χ1n) is 6.82. The van der Waals surface area contributed by atoms with Crippen LogP contribution in [0.2, 0.25) is 0 Å². The maximum atomic E-state index is 11.0. The van der Waals surface area contributed by atoms with Crippen molar-refractivity contribution >= 4 is 11.7 Å². The first-order chi connectivity index (χ1) is 9.15. The number of carbonyl (C=O) groups excluding carboxylic acids is 1. The van der Waals surface area contributed by atoms with Crippen molar-refractivity contribution in [2.45, 2.75) is 39.7 Å². The highest BCUT2D eigenvalue weighted by molar-refractivity contribution is 5.68. The maximum absolute atomic E-state index is 11.0. The topological polar surface area (TPSA) is 47.6 Å². The van der Waals surface area contributed by atoms with Gasteiger partial charge >= 0.3 is 5.97 Å². The Morgan fingerprint density at radius 1 is 1.26 bits per heavy atom. The quantitative estimate of drug-likeness (QED) is 0.733. The Kier molecular flexibility index (Phi) is 6.79. The second-order valence-corrected chi connectivity index (χ2v) is 4.42. The highest BCUT2D eigenvalue weighted by Crippen LogP contribution is 2.17. The zero-order valence-electron chi connectivity index (χ0n) is 11.9.